The summed E-state index contributed by atoms with van der Waals surface area (Å²) < 4.78 is 12.1. The first-order chi connectivity index (χ1) is 16.1. The molecule has 0 unspecified atom stereocenters. The van der Waals surface area contributed by atoms with Crippen LogP contribution >= 0.6 is 0 Å². The lowest BCUT2D eigenvalue weighted by molar-refractivity contribution is 0.311. The van der Waals surface area contributed by atoms with E-state index < -0.39 is 0 Å². The molecule has 1 N–H and O–H groups in total. The summed E-state index contributed by atoms with van der Waals surface area (Å²) in [6.45, 7) is 15.5. The largest absolute Gasteiger partial charge is 0.494 e. The van der Waals surface area contributed by atoms with Crippen LogP contribution in [0.25, 0.3) is 0 Å². The van der Waals surface area contributed by atoms with E-state index in [2.05, 4.69) is 108 Å². The van der Waals surface area contributed by atoms with Gasteiger partial charge in [-0.3, -0.25) is 0 Å². The van der Waals surface area contributed by atoms with Gasteiger partial charge in [-0.2, -0.15) is 0 Å². The first-order valence-corrected chi connectivity index (χ1v) is 12.4. The van der Waals surface area contributed by atoms with E-state index in [9.17, 15) is 0 Å². The maximum atomic E-state index is 6.19. The maximum absolute atomic E-state index is 6.19. The highest BCUT2D eigenvalue weighted by molar-refractivity contribution is 5.46. The van der Waals surface area contributed by atoms with Crippen LogP contribution in [0.15, 0.2) is 72.8 Å². The van der Waals surface area contributed by atoms with Gasteiger partial charge in [0.1, 0.15) is 18.1 Å². The van der Waals surface area contributed by atoms with Crippen molar-refractivity contribution in [1.29, 1.82) is 0 Å². The molecule has 0 radical (unpaired) electrons. The predicted molar refractivity (Wildman–Crippen MR) is 145 cm³/mol. The molecule has 3 nitrogen and oxygen atoms in total. The van der Waals surface area contributed by atoms with Crippen LogP contribution in [0.2, 0.25) is 0 Å². The number of rotatable bonds is 10. The second kappa shape index (κ2) is 11.5. The van der Waals surface area contributed by atoms with Crippen molar-refractivity contribution in [2.45, 2.75) is 65.2 Å². The number of ether oxygens (including phenoxy) is 2. The molecule has 0 aliphatic heterocycles. The Labute approximate surface area is 206 Å². The van der Waals surface area contributed by atoms with Gasteiger partial charge >= 0.3 is 0 Å². The second-order valence-corrected chi connectivity index (χ2v) is 10.9. The number of nitrogens with one attached hydrogen (secondary N) is 1. The summed E-state index contributed by atoms with van der Waals surface area (Å²) in [5.41, 5.74) is 5.17. The number of aryl methyl sites for hydroxylation is 1. The van der Waals surface area contributed by atoms with Crippen molar-refractivity contribution in [3.8, 4) is 11.5 Å². The fourth-order valence-corrected chi connectivity index (χ4v) is 3.84. The fourth-order valence-electron chi connectivity index (χ4n) is 3.84. The van der Waals surface area contributed by atoms with Gasteiger partial charge in [-0.05, 0) is 70.7 Å². The first kappa shape index (κ1) is 25.7. The summed E-state index contributed by atoms with van der Waals surface area (Å²) in [4.78, 5) is 0. The Morgan fingerprint density at radius 2 is 1.41 bits per heavy atom. The molecule has 0 aliphatic carbocycles. The van der Waals surface area contributed by atoms with E-state index in [1.165, 1.54) is 16.7 Å². The summed E-state index contributed by atoms with van der Waals surface area (Å²) in [5.74, 6) is 1.88. The van der Waals surface area contributed by atoms with E-state index in [1.807, 2.05) is 12.1 Å². The zero-order valence-corrected chi connectivity index (χ0v) is 21.8. The number of benzene rings is 3. The molecule has 0 saturated carbocycles. The first-order valence-electron chi connectivity index (χ1n) is 12.4. The average molecular weight is 460 g/mol. The van der Waals surface area contributed by atoms with Gasteiger partial charge < -0.3 is 14.8 Å². The van der Waals surface area contributed by atoms with Gasteiger partial charge in [0.25, 0.3) is 0 Å². The molecular weight excluding hydrogens is 418 g/mol. The van der Waals surface area contributed by atoms with E-state index in [0.717, 1.165) is 43.2 Å². The molecule has 0 fully saturated rings. The Bertz CT molecular complexity index is 1010. The van der Waals surface area contributed by atoms with Crippen LogP contribution in [0, 0.1) is 0 Å². The smallest absolute Gasteiger partial charge is 0.123 e. The monoisotopic (exact) mass is 459 g/mol. The van der Waals surface area contributed by atoms with Gasteiger partial charge in [-0.25, -0.2) is 0 Å². The van der Waals surface area contributed by atoms with E-state index in [1.54, 1.807) is 0 Å². The van der Waals surface area contributed by atoms with Crippen molar-refractivity contribution >= 4 is 5.69 Å². The third kappa shape index (κ3) is 7.83. The van der Waals surface area contributed by atoms with Crippen molar-refractivity contribution in [3.05, 3.63) is 89.5 Å². The van der Waals surface area contributed by atoms with Crippen molar-refractivity contribution in [1.82, 2.24) is 0 Å². The molecule has 3 heteroatoms. The van der Waals surface area contributed by atoms with E-state index >= 15 is 0 Å². The van der Waals surface area contributed by atoms with E-state index in [-0.39, 0.29) is 10.8 Å². The molecular formula is C31H41NO2. The third-order valence-electron chi connectivity index (χ3n) is 5.92. The molecule has 0 bridgehead atoms. The van der Waals surface area contributed by atoms with Gasteiger partial charge in [0.15, 0.2) is 0 Å². The average Bonchev–Trinajstić information content (AvgIpc) is 2.80. The summed E-state index contributed by atoms with van der Waals surface area (Å²) in [5, 5.41) is 3.44. The molecule has 3 aromatic rings. The van der Waals surface area contributed by atoms with Gasteiger partial charge in [0.05, 0.1) is 6.61 Å². The molecule has 0 aromatic heterocycles. The topological polar surface area (TPSA) is 30.5 Å². The van der Waals surface area contributed by atoms with Crippen LogP contribution in [0.3, 0.4) is 0 Å². The highest BCUT2D eigenvalue weighted by Gasteiger charge is 2.23. The van der Waals surface area contributed by atoms with Crippen molar-refractivity contribution < 1.29 is 9.47 Å². The molecule has 0 atom stereocenters. The Hall–Kier alpha value is -2.94. The second-order valence-electron chi connectivity index (χ2n) is 10.9. The van der Waals surface area contributed by atoms with E-state index in [0.29, 0.717) is 6.61 Å². The predicted octanol–water partition coefficient (Wildman–Crippen LogP) is 7.78. The molecule has 0 amide bonds. The standard InChI is InChI=1S/C31H41NO2/c1-30(2,3)25-14-19-29(28(23-25)31(4,5)6)34-22-20-32-26-15-17-27(18-16-26)33-21-10-13-24-11-8-7-9-12-24/h7-9,11-12,14-19,23,32H,10,13,20-22H2,1-6H3. The third-order valence-corrected chi connectivity index (χ3v) is 5.92. The zero-order chi connectivity index (χ0) is 24.6. The molecule has 3 aromatic carbocycles. The Kier molecular flexibility index (Phi) is 8.66. The normalized spacial score (nSPS) is 11.8. The SMILES string of the molecule is CC(C)(C)c1ccc(OCCNc2ccc(OCCCc3ccccc3)cc2)c(C(C)(C)C)c1. The molecule has 34 heavy (non-hydrogen) atoms. The van der Waals surface area contributed by atoms with Gasteiger partial charge in [-0.1, -0.05) is 84.0 Å². The molecule has 3 rings (SSSR count). The zero-order valence-electron chi connectivity index (χ0n) is 21.8. The summed E-state index contributed by atoms with van der Waals surface area (Å²) >= 11 is 0. The van der Waals surface area contributed by atoms with Crippen molar-refractivity contribution in [2.75, 3.05) is 25.1 Å². The van der Waals surface area contributed by atoms with Crippen LogP contribution in [-0.4, -0.2) is 19.8 Å². The van der Waals surface area contributed by atoms with Gasteiger partial charge in [-0.15, -0.1) is 0 Å². The minimum Gasteiger partial charge on any atom is -0.494 e. The molecule has 182 valence electrons. The lowest BCUT2D eigenvalue weighted by atomic mass is 9.80. The van der Waals surface area contributed by atoms with Crippen molar-refractivity contribution in [3.63, 3.8) is 0 Å². The molecule has 0 saturated heterocycles. The summed E-state index contributed by atoms with van der Waals surface area (Å²) in [6.07, 6.45) is 2.05. The maximum Gasteiger partial charge on any atom is 0.123 e. The number of anilines is 1. The molecule has 0 aliphatic rings. The minimum absolute atomic E-state index is 0.0287. The Morgan fingerprint density at radius 1 is 0.706 bits per heavy atom. The fraction of sp³-hybridized carbons (Fsp3) is 0.419. The lowest BCUT2D eigenvalue weighted by Crippen LogP contribution is -2.19. The van der Waals surface area contributed by atoms with Crippen LogP contribution in [0.4, 0.5) is 5.69 Å². The minimum atomic E-state index is 0.0287. The lowest BCUT2D eigenvalue weighted by Gasteiger charge is -2.27. The molecule has 0 spiro atoms. The van der Waals surface area contributed by atoms with Crippen LogP contribution in [-0.2, 0) is 17.3 Å². The quantitative estimate of drug-likeness (QED) is 0.314. The highest BCUT2D eigenvalue weighted by Crippen LogP contribution is 2.35. The number of hydrogen-bond donors (Lipinski definition) is 1. The van der Waals surface area contributed by atoms with Gasteiger partial charge in [0.2, 0.25) is 0 Å². The Morgan fingerprint density at radius 3 is 2.06 bits per heavy atom. The van der Waals surface area contributed by atoms with Crippen LogP contribution in [0.5, 0.6) is 11.5 Å². The molecule has 0 heterocycles. The van der Waals surface area contributed by atoms with Crippen molar-refractivity contribution in [2.24, 2.45) is 0 Å². The van der Waals surface area contributed by atoms with E-state index in [4.69, 9.17) is 9.47 Å². The summed E-state index contributed by atoms with van der Waals surface area (Å²) in [7, 11) is 0. The van der Waals surface area contributed by atoms with Gasteiger partial charge in [0, 0.05) is 12.2 Å². The highest BCUT2D eigenvalue weighted by atomic mass is 16.5. The van der Waals surface area contributed by atoms with Crippen LogP contribution in [0.1, 0.15) is 64.7 Å². The summed E-state index contributed by atoms with van der Waals surface area (Å²) in [6, 6.07) is 25.3. The van der Waals surface area contributed by atoms with Crippen LogP contribution < -0.4 is 14.8 Å². The Balaban J connectivity index is 1.44. The number of hydrogen-bond acceptors (Lipinski definition) is 3.